The van der Waals surface area contributed by atoms with Gasteiger partial charge >= 0.3 is 0 Å². The molecule has 1 amide bonds. The summed E-state index contributed by atoms with van der Waals surface area (Å²) in [5.41, 5.74) is 0.963. The minimum Gasteiger partial charge on any atom is -0.496 e. The van der Waals surface area contributed by atoms with Crippen LogP contribution in [0.5, 0.6) is 5.75 Å². The molecule has 1 aromatic carbocycles. The lowest BCUT2D eigenvalue weighted by Crippen LogP contribution is -2.40. The van der Waals surface area contributed by atoms with E-state index in [2.05, 4.69) is 20.8 Å². The van der Waals surface area contributed by atoms with Crippen molar-refractivity contribution in [3.63, 3.8) is 0 Å². The Balaban J connectivity index is 2.79. The van der Waals surface area contributed by atoms with Gasteiger partial charge in [-0.25, -0.2) is 0 Å². The van der Waals surface area contributed by atoms with Crippen molar-refractivity contribution in [3.05, 3.63) is 29.8 Å². The van der Waals surface area contributed by atoms with Crippen LogP contribution in [-0.4, -0.2) is 30.5 Å². The molecule has 0 spiro atoms. The summed E-state index contributed by atoms with van der Waals surface area (Å²) in [5, 5.41) is 0. The maximum Gasteiger partial charge on any atom is 0.227 e. The van der Waals surface area contributed by atoms with Crippen molar-refractivity contribution >= 4 is 5.91 Å². The Bertz CT molecular complexity index is 417. The summed E-state index contributed by atoms with van der Waals surface area (Å²) in [7, 11) is 1.65. The van der Waals surface area contributed by atoms with Crippen molar-refractivity contribution in [1.82, 2.24) is 4.90 Å². The molecule has 3 nitrogen and oxygen atoms in total. The molecule has 0 aliphatic carbocycles. The van der Waals surface area contributed by atoms with Gasteiger partial charge in [-0.1, -0.05) is 38.5 Å². The lowest BCUT2D eigenvalue weighted by molar-refractivity contribution is -0.132. The fraction of sp³-hybridized carbons (Fsp3) is 0.588. The second kappa shape index (κ2) is 8.62. The van der Waals surface area contributed by atoms with Crippen molar-refractivity contribution in [2.75, 3.05) is 13.7 Å². The van der Waals surface area contributed by atoms with Gasteiger partial charge in [0.25, 0.3) is 0 Å². The second-order valence-electron chi connectivity index (χ2n) is 5.19. The van der Waals surface area contributed by atoms with Crippen LogP contribution in [0.1, 0.15) is 45.6 Å². The number of unbranched alkanes of at least 4 members (excludes halogenated alkanes) is 1. The van der Waals surface area contributed by atoms with Gasteiger partial charge in [-0.05, 0) is 25.8 Å². The highest BCUT2D eigenvalue weighted by atomic mass is 16.5. The Morgan fingerprint density at radius 1 is 1.30 bits per heavy atom. The smallest absolute Gasteiger partial charge is 0.227 e. The van der Waals surface area contributed by atoms with E-state index in [0.717, 1.165) is 37.1 Å². The minimum absolute atomic E-state index is 0.192. The number of benzene rings is 1. The molecule has 112 valence electrons. The largest absolute Gasteiger partial charge is 0.496 e. The Labute approximate surface area is 122 Å². The third-order valence-electron chi connectivity index (χ3n) is 3.73. The van der Waals surface area contributed by atoms with Crippen LogP contribution in [-0.2, 0) is 11.2 Å². The standard InChI is InChI=1S/C17H27NO2/c1-5-7-12-18(14(3)6-2)17(19)13-15-10-8-9-11-16(15)20-4/h8-11,14H,5-7,12-13H2,1-4H3. The average molecular weight is 277 g/mol. The highest BCUT2D eigenvalue weighted by Gasteiger charge is 2.19. The van der Waals surface area contributed by atoms with E-state index in [1.165, 1.54) is 0 Å². The summed E-state index contributed by atoms with van der Waals surface area (Å²) in [4.78, 5) is 14.6. The number of hydrogen-bond acceptors (Lipinski definition) is 2. The first-order valence-corrected chi connectivity index (χ1v) is 7.55. The number of methoxy groups -OCH3 is 1. The van der Waals surface area contributed by atoms with E-state index in [1.54, 1.807) is 7.11 Å². The molecular weight excluding hydrogens is 250 g/mol. The number of amides is 1. The van der Waals surface area contributed by atoms with Gasteiger partial charge in [-0.15, -0.1) is 0 Å². The van der Waals surface area contributed by atoms with Gasteiger partial charge in [0.2, 0.25) is 5.91 Å². The van der Waals surface area contributed by atoms with Crippen LogP contribution in [0.4, 0.5) is 0 Å². The predicted molar refractivity (Wildman–Crippen MR) is 83.1 cm³/mol. The molecule has 1 aromatic rings. The fourth-order valence-electron chi connectivity index (χ4n) is 2.25. The predicted octanol–water partition coefficient (Wildman–Crippen LogP) is 3.66. The van der Waals surface area contributed by atoms with Gasteiger partial charge in [0.1, 0.15) is 5.75 Å². The van der Waals surface area contributed by atoms with Crippen molar-refractivity contribution in [2.45, 2.75) is 52.5 Å². The van der Waals surface area contributed by atoms with Crippen molar-refractivity contribution < 1.29 is 9.53 Å². The molecule has 3 heteroatoms. The van der Waals surface area contributed by atoms with E-state index in [-0.39, 0.29) is 5.91 Å². The van der Waals surface area contributed by atoms with E-state index in [9.17, 15) is 4.79 Å². The first-order chi connectivity index (χ1) is 9.63. The molecule has 0 bridgehead atoms. The second-order valence-corrected chi connectivity index (χ2v) is 5.19. The molecule has 1 unspecified atom stereocenters. The van der Waals surface area contributed by atoms with E-state index in [1.807, 2.05) is 29.2 Å². The third-order valence-corrected chi connectivity index (χ3v) is 3.73. The zero-order valence-electron chi connectivity index (χ0n) is 13.2. The van der Waals surface area contributed by atoms with Gasteiger partial charge < -0.3 is 9.64 Å². The number of carbonyl (C=O) groups is 1. The number of ether oxygens (including phenoxy) is 1. The van der Waals surface area contributed by atoms with Gasteiger partial charge in [0.05, 0.1) is 13.5 Å². The van der Waals surface area contributed by atoms with Crippen LogP contribution in [0.2, 0.25) is 0 Å². The highest BCUT2D eigenvalue weighted by molar-refractivity contribution is 5.79. The molecule has 0 aromatic heterocycles. The Kier molecular flexibility index (Phi) is 7.13. The van der Waals surface area contributed by atoms with Gasteiger partial charge in [0.15, 0.2) is 0 Å². The van der Waals surface area contributed by atoms with Crippen LogP contribution in [0, 0.1) is 0 Å². The molecule has 0 saturated carbocycles. The van der Waals surface area contributed by atoms with Crippen LogP contribution in [0.25, 0.3) is 0 Å². The molecule has 0 radical (unpaired) electrons. The normalized spacial score (nSPS) is 12.0. The number of rotatable bonds is 8. The van der Waals surface area contributed by atoms with Crippen LogP contribution in [0.3, 0.4) is 0 Å². The maximum atomic E-state index is 12.6. The summed E-state index contributed by atoms with van der Waals surface area (Å²) >= 11 is 0. The lowest BCUT2D eigenvalue weighted by Gasteiger charge is -2.29. The van der Waals surface area contributed by atoms with E-state index >= 15 is 0 Å². The Morgan fingerprint density at radius 2 is 2.00 bits per heavy atom. The SMILES string of the molecule is CCCCN(C(=O)Cc1ccccc1OC)C(C)CC. The highest BCUT2D eigenvalue weighted by Crippen LogP contribution is 2.19. The van der Waals surface area contributed by atoms with Crippen molar-refractivity contribution in [3.8, 4) is 5.75 Å². The summed E-state index contributed by atoms with van der Waals surface area (Å²) in [6.07, 6.45) is 3.57. The quantitative estimate of drug-likeness (QED) is 0.725. The van der Waals surface area contributed by atoms with Gasteiger partial charge in [-0.2, -0.15) is 0 Å². The Hall–Kier alpha value is -1.51. The molecule has 0 saturated heterocycles. The van der Waals surface area contributed by atoms with Crippen molar-refractivity contribution in [2.24, 2.45) is 0 Å². The van der Waals surface area contributed by atoms with E-state index in [4.69, 9.17) is 4.74 Å². The molecule has 0 heterocycles. The minimum atomic E-state index is 0.192. The number of para-hydroxylation sites is 1. The number of hydrogen-bond donors (Lipinski definition) is 0. The van der Waals surface area contributed by atoms with E-state index in [0.29, 0.717) is 12.5 Å². The summed E-state index contributed by atoms with van der Waals surface area (Å²) < 4.78 is 5.32. The van der Waals surface area contributed by atoms with Crippen LogP contribution < -0.4 is 4.74 Å². The molecule has 0 aliphatic heterocycles. The molecular formula is C17H27NO2. The Morgan fingerprint density at radius 3 is 2.60 bits per heavy atom. The average Bonchev–Trinajstić information content (AvgIpc) is 2.47. The zero-order chi connectivity index (χ0) is 15.0. The molecule has 1 rings (SSSR count). The summed E-state index contributed by atoms with van der Waals surface area (Å²) in [6, 6.07) is 8.04. The zero-order valence-corrected chi connectivity index (χ0v) is 13.2. The first-order valence-electron chi connectivity index (χ1n) is 7.55. The maximum absolute atomic E-state index is 12.6. The van der Waals surface area contributed by atoms with Gasteiger partial charge in [0, 0.05) is 18.2 Å². The molecule has 0 N–H and O–H groups in total. The molecule has 0 aliphatic rings. The van der Waals surface area contributed by atoms with Crippen molar-refractivity contribution in [1.29, 1.82) is 0 Å². The van der Waals surface area contributed by atoms with Gasteiger partial charge in [-0.3, -0.25) is 4.79 Å². The molecule has 0 fully saturated rings. The monoisotopic (exact) mass is 277 g/mol. The number of nitrogens with zero attached hydrogens (tertiary/aromatic N) is 1. The van der Waals surface area contributed by atoms with E-state index < -0.39 is 0 Å². The van der Waals surface area contributed by atoms with Crippen LogP contribution in [0.15, 0.2) is 24.3 Å². The lowest BCUT2D eigenvalue weighted by atomic mass is 10.1. The first kappa shape index (κ1) is 16.5. The fourth-order valence-corrected chi connectivity index (χ4v) is 2.25. The number of carbonyl (C=O) groups excluding carboxylic acids is 1. The molecule has 20 heavy (non-hydrogen) atoms. The third kappa shape index (κ3) is 4.55. The van der Waals surface area contributed by atoms with Crippen LogP contribution >= 0.6 is 0 Å². The molecule has 1 atom stereocenters. The topological polar surface area (TPSA) is 29.5 Å². The summed E-state index contributed by atoms with van der Waals surface area (Å²) in [5.74, 6) is 0.984. The summed E-state index contributed by atoms with van der Waals surface area (Å²) in [6.45, 7) is 7.24.